The second-order valence-electron chi connectivity index (χ2n) is 10.2. The summed E-state index contributed by atoms with van der Waals surface area (Å²) in [5, 5.41) is 10.6. The van der Waals surface area contributed by atoms with E-state index in [1.807, 2.05) is 6.92 Å². The number of aliphatic hydroxyl groups is 1. The molecule has 2 N–H and O–H groups in total. The first-order chi connectivity index (χ1) is 13.1. The number of benzene rings is 1. The topological polar surface area (TPSA) is 48.9 Å². The molecule has 1 aliphatic rings. The Kier molecular flexibility index (Phi) is 5.78. The molecule has 28 heavy (non-hydrogen) atoms. The summed E-state index contributed by atoms with van der Waals surface area (Å²) in [6.07, 6.45) is 9.85. The normalized spacial score (nSPS) is 19.5. The third-order valence-electron chi connectivity index (χ3n) is 6.75. The van der Waals surface area contributed by atoms with Gasteiger partial charge in [0.05, 0.1) is 16.6 Å². The van der Waals surface area contributed by atoms with Crippen molar-refractivity contribution in [3.63, 3.8) is 0 Å². The molecule has 154 valence electrons. The van der Waals surface area contributed by atoms with Crippen molar-refractivity contribution in [1.29, 1.82) is 0 Å². The summed E-state index contributed by atoms with van der Waals surface area (Å²) < 4.78 is 0. The molecule has 3 nitrogen and oxygen atoms in total. The monoisotopic (exact) mass is 382 g/mol. The third kappa shape index (κ3) is 4.51. The lowest BCUT2D eigenvalue weighted by atomic mass is 9.61. The van der Waals surface area contributed by atoms with Crippen LogP contribution in [-0.2, 0) is 5.41 Å². The zero-order valence-corrected chi connectivity index (χ0v) is 18.7. The molecule has 3 rings (SSSR count). The number of hydrogen-bond acceptors (Lipinski definition) is 2. The van der Waals surface area contributed by atoms with Crippen LogP contribution >= 0.6 is 0 Å². The summed E-state index contributed by atoms with van der Waals surface area (Å²) in [5.74, 6) is 1.00. The molecule has 1 aromatic carbocycles. The van der Waals surface area contributed by atoms with Crippen LogP contribution in [0.5, 0.6) is 0 Å². The lowest BCUT2D eigenvalue weighted by Crippen LogP contribution is -2.38. The second-order valence-corrected chi connectivity index (χ2v) is 10.2. The van der Waals surface area contributed by atoms with Crippen molar-refractivity contribution in [2.45, 2.75) is 97.5 Å². The van der Waals surface area contributed by atoms with Crippen molar-refractivity contribution >= 4 is 16.6 Å². The molecule has 1 unspecified atom stereocenters. The second kappa shape index (κ2) is 7.67. The highest BCUT2D eigenvalue weighted by Crippen LogP contribution is 2.50. The molecule has 2 aromatic rings. The Balaban J connectivity index is 1.84. The van der Waals surface area contributed by atoms with Crippen LogP contribution in [0.4, 0.5) is 0 Å². The standard InChI is InChI=1S/C25H38N2O/c1-7-18(12-15-25(13-9-14-25)17-24(6,28)8-2)22-26-20-11-10-19(23(3,4)5)16-21(20)27-22/h10-12,16,28H,7-9,13-15,17H2,1-6H3,(H,26,27). The molecule has 1 aromatic heterocycles. The Bertz CT molecular complexity index is 847. The molecule has 0 bridgehead atoms. The molecule has 0 saturated heterocycles. The Morgan fingerprint density at radius 1 is 1.21 bits per heavy atom. The van der Waals surface area contributed by atoms with E-state index in [9.17, 15) is 5.11 Å². The van der Waals surface area contributed by atoms with Gasteiger partial charge in [-0.2, -0.15) is 0 Å². The maximum atomic E-state index is 10.6. The number of aromatic amines is 1. The quantitative estimate of drug-likeness (QED) is 0.555. The van der Waals surface area contributed by atoms with Gasteiger partial charge in [0.1, 0.15) is 5.82 Å². The van der Waals surface area contributed by atoms with Gasteiger partial charge in [0.15, 0.2) is 0 Å². The Morgan fingerprint density at radius 2 is 1.93 bits per heavy atom. The smallest absolute Gasteiger partial charge is 0.134 e. The van der Waals surface area contributed by atoms with Gasteiger partial charge in [0.2, 0.25) is 0 Å². The van der Waals surface area contributed by atoms with Crippen molar-refractivity contribution in [3.8, 4) is 0 Å². The Morgan fingerprint density at radius 3 is 2.46 bits per heavy atom. The first-order valence-electron chi connectivity index (χ1n) is 11.0. The highest BCUT2D eigenvalue weighted by molar-refractivity contribution is 5.79. The number of hydrogen-bond donors (Lipinski definition) is 2. The van der Waals surface area contributed by atoms with E-state index < -0.39 is 5.60 Å². The molecule has 0 radical (unpaired) electrons. The SMILES string of the molecule is CCC(=CCC1(CC(C)(O)CC)CCC1)c1nc2ccc(C(C)(C)C)cc2[nH]1. The number of aromatic nitrogens is 2. The van der Waals surface area contributed by atoms with E-state index in [1.54, 1.807) is 0 Å². The van der Waals surface area contributed by atoms with Crippen LogP contribution < -0.4 is 0 Å². The summed E-state index contributed by atoms with van der Waals surface area (Å²) in [7, 11) is 0. The molecular weight excluding hydrogens is 344 g/mol. The van der Waals surface area contributed by atoms with Crippen LogP contribution in [0.1, 0.15) is 97.9 Å². The fourth-order valence-corrected chi connectivity index (χ4v) is 4.44. The molecule has 0 amide bonds. The van der Waals surface area contributed by atoms with Gasteiger partial charge in [0.25, 0.3) is 0 Å². The summed E-state index contributed by atoms with van der Waals surface area (Å²) in [5.41, 5.74) is 4.62. The van der Waals surface area contributed by atoms with Crippen molar-refractivity contribution < 1.29 is 5.11 Å². The number of nitrogens with zero attached hydrogens (tertiary/aromatic N) is 1. The van der Waals surface area contributed by atoms with E-state index in [0.29, 0.717) is 0 Å². The zero-order chi connectivity index (χ0) is 20.6. The molecule has 1 aliphatic carbocycles. The van der Waals surface area contributed by atoms with Gasteiger partial charge in [0, 0.05) is 0 Å². The van der Waals surface area contributed by atoms with Crippen molar-refractivity contribution in [3.05, 3.63) is 35.7 Å². The average Bonchev–Trinajstić information content (AvgIpc) is 3.02. The van der Waals surface area contributed by atoms with E-state index in [4.69, 9.17) is 4.98 Å². The highest BCUT2D eigenvalue weighted by atomic mass is 16.3. The first-order valence-corrected chi connectivity index (χ1v) is 11.0. The number of allylic oxidation sites excluding steroid dienone is 2. The van der Waals surface area contributed by atoms with Crippen LogP contribution in [0.15, 0.2) is 24.3 Å². The maximum Gasteiger partial charge on any atom is 0.134 e. The van der Waals surface area contributed by atoms with E-state index in [-0.39, 0.29) is 10.8 Å². The van der Waals surface area contributed by atoms with Crippen LogP contribution in [0.3, 0.4) is 0 Å². The first kappa shape index (κ1) is 21.1. The molecule has 1 heterocycles. The highest BCUT2D eigenvalue weighted by Gasteiger charge is 2.40. The fraction of sp³-hybridized carbons (Fsp3) is 0.640. The van der Waals surface area contributed by atoms with E-state index in [0.717, 1.165) is 42.5 Å². The maximum absolute atomic E-state index is 10.6. The zero-order valence-electron chi connectivity index (χ0n) is 18.7. The lowest BCUT2D eigenvalue weighted by molar-refractivity contribution is -0.0275. The minimum Gasteiger partial charge on any atom is -0.390 e. The molecule has 1 fully saturated rings. The largest absolute Gasteiger partial charge is 0.390 e. The molecule has 1 atom stereocenters. The molecule has 3 heteroatoms. The van der Waals surface area contributed by atoms with Crippen LogP contribution in [0, 0.1) is 5.41 Å². The summed E-state index contributed by atoms with van der Waals surface area (Å²) in [6.45, 7) is 13.0. The Hall–Kier alpha value is -1.61. The van der Waals surface area contributed by atoms with Crippen molar-refractivity contribution in [1.82, 2.24) is 9.97 Å². The van der Waals surface area contributed by atoms with Crippen LogP contribution in [0.25, 0.3) is 16.6 Å². The van der Waals surface area contributed by atoms with Crippen molar-refractivity contribution in [2.24, 2.45) is 5.41 Å². The molecule has 1 saturated carbocycles. The fourth-order valence-electron chi connectivity index (χ4n) is 4.44. The van der Waals surface area contributed by atoms with Gasteiger partial charge in [-0.15, -0.1) is 0 Å². The van der Waals surface area contributed by atoms with Gasteiger partial charge in [-0.05, 0) is 79.5 Å². The van der Waals surface area contributed by atoms with E-state index in [2.05, 4.69) is 63.9 Å². The van der Waals surface area contributed by atoms with E-state index >= 15 is 0 Å². The van der Waals surface area contributed by atoms with Gasteiger partial charge in [-0.3, -0.25) is 0 Å². The van der Waals surface area contributed by atoms with Gasteiger partial charge >= 0.3 is 0 Å². The molecule has 0 aliphatic heterocycles. The Labute approximate surface area is 170 Å². The predicted molar refractivity (Wildman–Crippen MR) is 119 cm³/mol. The predicted octanol–water partition coefficient (Wildman–Crippen LogP) is 6.77. The number of fused-ring (bicyclic) bond motifs is 1. The third-order valence-corrected chi connectivity index (χ3v) is 6.75. The van der Waals surface area contributed by atoms with E-state index in [1.165, 1.54) is 30.4 Å². The van der Waals surface area contributed by atoms with Gasteiger partial charge < -0.3 is 10.1 Å². The number of imidazole rings is 1. The molecule has 0 spiro atoms. The number of rotatable bonds is 7. The summed E-state index contributed by atoms with van der Waals surface area (Å²) in [4.78, 5) is 8.43. The van der Waals surface area contributed by atoms with Crippen LogP contribution in [-0.4, -0.2) is 20.7 Å². The van der Waals surface area contributed by atoms with Gasteiger partial charge in [-0.25, -0.2) is 4.98 Å². The summed E-state index contributed by atoms with van der Waals surface area (Å²) in [6, 6.07) is 6.57. The minimum absolute atomic E-state index is 0.135. The summed E-state index contributed by atoms with van der Waals surface area (Å²) >= 11 is 0. The lowest BCUT2D eigenvalue weighted by Gasteiger charge is -2.45. The minimum atomic E-state index is -0.552. The number of nitrogens with one attached hydrogen (secondary N) is 1. The van der Waals surface area contributed by atoms with Crippen molar-refractivity contribution in [2.75, 3.05) is 0 Å². The van der Waals surface area contributed by atoms with Crippen LogP contribution in [0.2, 0.25) is 0 Å². The number of H-pyrrole nitrogens is 1. The average molecular weight is 383 g/mol. The van der Waals surface area contributed by atoms with Gasteiger partial charge in [-0.1, -0.05) is 53.2 Å². The molecular formula is C25H38N2O.